The molecule has 1 aromatic rings. The summed E-state index contributed by atoms with van der Waals surface area (Å²) in [5.41, 5.74) is 2.46. The Kier molecular flexibility index (Phi) is 3.72. The average molecular weight is 235 g/mol. The lowest BCUT2D eigenvalue weighted by Gasteiger charge is -2.17. The Bertz CT molecular complexity index is 390. The zero-order chi connectivity index (χ0) is 11.4. The second-order valence-corrected chi connectivity index (χ2v) is 4.69. The number of aromatic nitrogens is 1. The standard InChI is InChI=1S/C12H17N3S/c1-9(16)13-8-6-11-5-4-10-3-2-7-14-12(10)15-11/h4-5H,2-3,6-8H2,1H3,(H,13,16)(H,14,15). The number of anilines is 1. The number of hydrogen-bond donors (Lipinski definition) is 2. The Morgan fingerprint density at radius 3 is 3.25 bits per heavy atom. The second-order valence-electron chi connectivity index (χ2n) is 4.07. The number of pyridine rings is 1. The number of fused-ring (bicyclic) bond motifs is 1. The van der Waals surface area contributed by atoms with Crippen LogP contribution in [0, 0.1) is 0 Å². The van der Waals surface area contributed by atoms with Gasteiger partial charge in [0.15, 0.2) is 0 Å². The molecule has 0 aliphatic carbocycles. The van der Waals surface area contributed by atoms with Crippen molar-refractivity contribution in [3.05, 3.63) is 23.4 Å². The predicted octanol–water partition coefficient (Wildman–Crippen LogP) is 1.92. The smallest absolute Gasteiger partial charge is 0.129 e. The zero-order valence-corrected chi connectivity index (χ0v) is 10.4. The number of rotatable bonds is 3. The summed E-state index contributed by atoms with van der Waals surface area (Å²) < 4.78 is 0. The van der Waals surface area contributed by atoms with E-state index < -0.39 is 0 Å². The topological polar surface area (TPSA) is 37.0 Å². The Balaban J connectivity index is 1.97. The number of hydrogen-bond acceptors (Lipinski definition) is 3. The van der Waals surface area contributed by atoms with Crippen molar-refractivity contribution in [3.63, 3.8) is 0 Å². The van der Waals surface area contributed by atoms with Gasteiger partial charge in [0.1, 0.15) is 5.82 Å². The van der Waals surface area contributed by atoms with Crippen molar-refractivity contribution in [3.8, 4) is 0 Å². The SMILES string of the molecule is CC(=S)NCCc1ccc2c(n1)NCCC2. The minimum atomic E-state index is 0.844. The molecule has 0 spiro atoms. The summed E-state index contributed by atoms with van der Waals surface area (Å²) in [6.07, 6.45) is 3.27. The van der Waals surface area contributed by atoms with Crippen LogP contribution in [-0.2, 0) is 12.8 Å². The van der Waals surface area contributed by atoms with Crippen LogP contribution in [0.2, 0.25) is 0 Å². The van der Waals surface area contributed by atoms with Crippen molar-refractivity contribution < 1.29 is 0 Å². The fourth-order valence-electron chi connectivity index (χ4n) is 1.87. The highest BCUT2D eigenvalue weighted by Gasteiger charge is 2.09. The molecule has 0 bridgehead atoms. The van der Waals surface area contributed by atoms with Crippen LogP contribution in [0.1, 0.15) is 24.6 Å². The lowest BCUT2D eigenvalue weighted by molar-refractivity contribution is 0.798. The van der Waals surface area contributed by atoms with Gasteiger partial charge in [-0.3, -0.25) is 0 Å². The minimum absolute atomic E-state index is 0.844. The maximum atomic E-state index is 4.96. The van der Waals surface area contributed by atoms with Crippen molar-refractivity contribution >= 4 is 23.0 Å². The molecule has 0 atom stereocenters. The Morgan fingerprint density at radius 2 is 2.44 bits per heavy atom. The summed E-state index contributed by atoms with van der Waals surface area (Å²) in [5, 5.41) is 6.49. The van der Waals surface area contributed by atoms with Gasteiger partial charge in [0.25, 0.3) is 0 Å². The molecule has 16 heavy (non-hydrogen) atoms. The van der Waals surface area contributed by atoms with E-state index in [-0.39, 0.29) is 0 Å². The van der Waals surface area contributed by atoms with E-state index in [1.165, 1.54) is 12.0 Å². The van der Waals surface area contributed by atoms with Gasteiger partial charge in [-0.05, 0) is 31.4 Å². The van der Waals surface area contributed by atoms with Crippen LogP contribution >= 0.6 is 12.2 Å². The first-order valence-electron chi connectivity index (χ1n) is 5.73. The molecule has 86 valence electrons. The molecule has 2 rings (SSSR count). The van der Waals surface area contributed by atoms with E-state index in [0.717, 1.165) is 42.4 Å². The zero-order valence-electron chi connectivity index (χ0n) is 9.55. The van der Waals surface area contributed by atoms with E-state index in [2.05, 4.69) is 27.8 Å². The maximum Gasteiger partial charge on any atom is 0.129 e. The highest BCUT2D eigenvalue weighted by atomic mass is 32.1. The normalized spacial score (nSPS) is 13.8. The van der Waals surface area contributed by atoms with Gasteiger partial charge in [0, 0.05) is 25.2 Å². The first-order valence-corrected chi connectivity index (χ1v) is 6.13. The summed E-state index contributed by atoms with van der Waals surface area (Å²) in [5.74, 6) is 1.07. The van der Waals surface area contributed by atoms with Gasteiger partial charge >= 0.3 is 0 Å². The number of nitrogens with one attached hydrogen (secondary N) is 2. The lowest BCUT2D eigenvalue weighted by Crippen LogP contribution is -2.21. The fraction of sp³-hybridized carbons (Fsp3) is 0.500. The predicted molar refractivity (Wildman–Crippen MR) is 71.0 cm³/mol. The van der Waals surface area contributed by atoms with Gasteiger partial charge in [-0.2, -0.15) is 0 Å². The van der Waals surface area contributed by atoms with Crippen LogP contribution in [0.4, 0.5) is 5.82 Å². The van der Waals surface area contributed by atoms with E-state index in [9.17, 15) is 0 Å². The van der Waals surface area contributed by atoms with Crippen molar-refractivity contribution in [1.29, 1.82) is 0 Å². The van der Waals surface area contributed by atoms with Crippen molar-refractivity contribution in [1.82, 2.24) is 10.3 Å². The van der Waals surface area contributed by atoms with Gasteiger partial charge < -0.3 is 10.6 Å². The van der Waals surface area contributed by atoms with Gasteiger partial charge in [0.2, 0.25) is 0 Å². The van der Waals surface area contributed by atoms with E-state index in [1.54, 1.807) is 0 Å². The summed E-state index contributed by atoms with van der Waals surface area (Å²) in [6.45, 7) is 3.80. The summed E-state index contributed by atoms with van der Waals surface area (Å²) >= 11 is 4.96. The van der Waals surface area contributed by atoms with Crippen LogP contribution < -0.4 is 10.6 Å². The highest BCUT2D eigenvalue weighted by Crippen LogP contribution is 2.19. The highest BCUT2D eigenvalue weighted by molar-refractivity contribution is 7.80. The Labute approximate surface area is 102 Å². The van der Waals surface area contributed by atoms with Crippen LogP contribution in [0.25, 0.3) is 0 Å². The number of thiocarbonyl (C=S) groups is 1. The third-order valence-electron chi connectivity index (χ3n) is 2.71. The maximum absolute atomic E-state index is 4.96. The molecule has 3 nitrogen and oxygen atoms in total. The molecule has 0 unspecified atom stereocenters. The van der Waals surface area contributed by atoms with Crippen molar-refractivity contribution in [2.45, 2.75) is 26.2 Å². The van der Waals surface area contributed by atoms with Crippen LogP contribution in [-0.4, -0.2) is 23.1 Å². The summed E-state index contributed by atoms with van der Waals surface area (Å²) in [4.78, 5) is 5.46. The van der Waals surface area contributed by atoms with Gasteiger partial charge in [0.05, 0.1) is 4.99 Å². The molecule has 1 aromatic heterocycles. The molecule has 1 aliphatic heterocycles. The first kappa shape index (κ1) is 11.3. The molecule has 0 aromatic carbocycles. The molecular formula is C12H17N3S. The molecule has 0 radical (unpaired) electrons. The quantitative estimate of drug-likeness (QED) is 0.785. The molecule has 0 amide bonds. The van der Waals surface area contributed by atoms with Crippen LogP contribution in [0.5, 0.6) is 0 Å². The molecule has 0 saturated heterocycles. The average Bonchev–Trinajstić information content (AvgIpc) is 2.28. The lowest BCUT2D eigenvalue weighted by atomic mass is 10.1. The minimum Gasteiger partial charge on any atom is -0.379 e. The fourth-order valence-corrected chi connectivity index (χ4v) is 1.98. The molecular weight excluding hydrogens is 218 g/mol. The third-order valence-corrected chi connectivity index (χ3v) is 2.85. The van der Waals surface area contributed by atoms with Crippen molar-refractivity contribution in [2.75, 3.05) is 18.4 Å². The Morgan fingerprint density at radius 1 is 1.56 bits per heavy atom. The molecule has 2 heterocycles. The molecule has 2 N–H and O–H groups in total. The van der Waals surface area contributed by atoms with Gasteiger partial charge in [-0.1, -0.05) is 18.3 Å². The molecule has 0 saturated carbocycles. The molecule has 1 aliphatic rings. The van der Waals surface area contributed by atoms with E-state index in [0.29, 0.717) is 0 Å². The van der Waals surface area contributed by atoms with Gasteiger partial charge in [-0.15, -0.1) is 0 Å². The number of aryl methyl sites for hydroxylation is 1. The molecule has 4 heteroatoms. The van der Waals surface area contributed by atoms with Gasteiger partial charge in [-0.25, -0.2) is 4.98 Å². The van der Waals surface area contributed by atoms with Crippen LogP contribution in [0.3, 0.4) is 0 Å². The first-order chi connectivity index (χ1) is 7.75. The van der Waals surface area contributed by atoms with Crippen LogP contribution in [0.15, 0.2) is 12.1 Å². The monoisotopic (exact) mass is 235 g/mol. The van der Waals surface area contributed by atoms with E-state index >= 15 is 0 Å². The molecule has 0 fully saturated rings. The number of nitrogens with zero attached hydrogens (tertiary/aromatic N) is 1. The van der Waals surface area contributed by atoms with Crippen molar-refractivity contribution in [2.24, 2.45) is 0 Å². The Hall–Kier alpha value is -1.16. The van der Waals surface area contributed by atoms with E-state index in [4.69, 9.17) is 12.2 Å². The third kappa shape index (κ3) is 2.92. The van der Waals surface area contributed by atoms with E-state index in [1.807, 2.05) is 6.92 Å². The summed E-state index contributed by atoms with van der Waals surface area (Å²) in [7, 11) is 0. The largest absolute Gasteiger partial charge is 0.379 e. The second kappa shape index (κ2) is 5.25. The summed E-state index contributed by atoms with van der Waals surface area (Å²) in [6, 6.07) is 4.31.